The minimum Gasteiger partial charge on any atom is -0.353 e. The van der Waals surface area contributed by atoms with Gasteiger partial charge in [0.15, 0.2) is 5.82 Å². The molecule has 0 saturated heterocycles. The standard InChI is InChI=1S/C24H19FN2/c1-17-9-8-14-20(15-17)26-22-16-21(18-10-4-2-5-11-18)27-24(23(22)25)19-12-6-3-7-13-19/h2-16H,1H3,(H,26,27). The summed E-state index contributed by atoms with van der Waals surface area (Å²) in [6.07, 6.45) is 0. The predicted octanol–water partition coefficient (Wildman–Crippen LogP) is 6.61. The number of hydrogen-bond acceptors (Lipinski definition) is 2. The van der Waals surface area contributed by atoms with Gasteiger partial charge in [-0.05, 0) is 30.7 Å². The molecule has 1 aromatic heterocycles. The molecule has 3 aromatic carbocycles. The Morgan fingerprint density at radius 2 is 1.41 bits per heavy atom. The number of benzene rings is 3. The van der Waals surface area contributed by atoms with E-state index in [1.54, 1.807) is 6.07 Å². The Hall–Kier alpha value is -3.46. The van der Waals surface area contributed by atoms with Crippen molar-refractivity contribution >= 4 is 11.4 Å². The fraction of sp³-hybridized carbons (Fsp3) is 0.0417. The number of hydrogen-bond donors (Lipinski definition) is 1. The third kappa shape index (κ3) is 3.72. The monoisotopic (exact) mass is 354 g/mol. The molecule has 2 nitrogen and oxygen atoms in total. The van der Waals surface area contributed by atoms with Gasteiger partial charge in [-0.2, -0.15) is 0 Å². The minimum absolute atomic E-state index is 0.340. The average Bonchev–Trinajstić information content (AvgIpc) is 2.71. The molecule has 0 amide bonds. The second kappa shape index (κ2) is 7.42. The molecule has 0 atom stereocenters. The Kier molecular flexibility index (Phi) is 4.67. The fourth-order valence-electron chi connectivity index (χ4n) is 3.04. The smallest absolute Gasteiger partial charge is 0.172 e. The zero-order chi connectivity index (χ0) is 18.6. The van der Waals surface area contributed by atoms with Crippen LogP contribution in [0.2, 0.25) is 0 Å². The van der Waals surface area contributed by atoms with Crippen LogP contribution in [0.1, 0.15) is 5.56 Å². The van der Waals surface area contributed by atoms with Crippen LogP contribution < -0.4 is 5.32 Å². The molecule has 1 heterocycles. The molecule has 4 rings (SSSR count). The molecule has 0 unspecified atom stereocenters. The van der Waals surface area contributed by atoms with Crippen LogP contribution in [0.5, 0.6) is 0 Å². The van der Waals surface area contributed by atoms with E-state index in [2.05, 4.69) is 10.3 Å². The maximum Gasteiger partial charge on any atom is 0.172 e. The van der Waals surface area contributed by atoms with E-state index in [1.807, 2.05) is 91.9 Å². The van der Waals surface area contributed by atoms with E-state index in [9.17, 15) is 0 Å². The van der Waals surface area contributed by atoms with E-state index in [0.29, 0.717) is 11.4 Å². The number of nitrogens with zero attached hydrogens (tertiary/aromatic N) is 1. The molecule has 132 valence electrons. The molecule has 4 aromatic rings. The number of aromatic nitrogens is 1. The van der Waals surface area contributed by atoms with Crippen LogP contribution in [0.15, 0.2) is 91.0 Å². The molecule has 27 heavy (non-hydrogen) atoms. The van der Waals surface area contributed by atoms with Gasteiger partial charge in [-0.1, -0.05) is 72.8 Å². The zero-order valence-corrected chi connectivity index (χ0v) is 15.0. The Balaban J connectivity index is 1.86. The molecule has 0 bridgehead atoms. The second-order valence-corrected chi connectivity index (χ2v) is 6.44. The van der Waals surface area contributed by atoms with E-state index in [0.717, 1.165) is 28.1 Å². The van der Waals surface area contributed by atoms with Crippen molar-refractivity contribution in [1.29, 1.82) is 0 Å². The highest BCUT2D eigenvalue weighted by Crippen LogP contribution is 2.32. The van der Waals surface area contributed by atoms with Crippen LogP contribution in [0, 0.1) is 12.7 Å². The highest BCUT2D eigenvalue weighted by atomic mass is 19.1. The number of rotatable bonds is 4. The highest BCUT2D eigenvalue weighted by Gasteiger charge is 2.15. The maximum atomic E-state index is 15.3. The number of halogens is 1. The number of nitrogens with one attached hydrogen (secondary N) is 1. The molecule has 1 N–H and O–H groups in total. The fourth-order valence-corrected chi connectivity index (χ4v) is 3.04. The molecule has 3 heteroatoms. The van der Waals surface area contributed by atoms with Crippen LogP contribution in [-0.4, -0.2) is 4.98 Å². The summed E-state index contributed by atoms with van der Waals surface area (Å²) in [4.78, 5) is 4.62. The Bertz CT molecular complexity index is 1060. The lowest BCUT2D eigenvalue weighted by Gasteiger charge is -2.14. The van der Waals surface area contributed by atoms with Crippen molar-refractivity contribution in [1.82, 2.24) is 4.98 Å². The first kappa shape index (κ1) is 17.0. The summed E-state index contributed by atoms with van der Waals surface area (Å²) in [5, 5.41) is 3.22. The average molecular weight is 354 g/mol. The Labute approximate surface area is 158 Å². The molecule has 0 radical (unpaired) electrons. The quantitative estimate of drug-likeness (QED) is 0.446. The van der Waals surface area contributed by atoms with Crippen molar-refractivity contribution < 1.29 is 4.39 Å². The largest absolute Gasteiger partial charge is 0.353 e. The van der Waals surface area contributed by atoms with Crippen LogP contribution >= 0.6 is 0 Å². The van der Waals surface area contributed by atoms with Crippen molar-refractivity contribution in [2.45, 2.75) is 6.92 Å². The topological polar surface area (TPSA) is 24.9 Å². The normalized spacial score (nSPS) is 10.6. The molecule has 0 spiro atoms. The van der Waals surface area contributed by atoms with Crippen molar-refractivity contribution in [2.24, 2.45) is 0 Å². The predicted molar refractivity (Wildman–Crippen MR) is 110 cm³/mol. The highest BCUT2D eigenvalue weighted by molar-refractivity contribution is 5.75. The number of anilines is 2. The molecule has 0 aliphatic rings. The summed E-state index contributed by atoms with van der Waals surface area (Å²) in [6, 6.07) is 28.9. The minimum atomic E-state index is -0.359. The third-order valence-electron chi connectivity index (χ3n) is 4.37. The molecular weight excluding hydrogens is 335 g/mol. The first-order valence-corrected chi connectivity index (χ1v) is 8.86. The molecule has 0 aliphatic carbocycles. The van der Waals surface area contributed by atoms with Gasteiger partial charge in [-0.3, -0.25) is 0 Å². The van der Waals surface area contributed by atoms with Gasteiger partial charge in [0.25, 0.3) is 0 Å². The second-order valence-electron chi connectivity index (χ2n) is 6.44. The lowest BCUT2D eigenvalue weighted by molar-refractivity contribution is 0.630. The van der Waals surface area contributed by atoms with Crippen molar-refractivity contribution in [3.63, 3.8) is 0 Å². The summed E-state index contributed by atoms with van der Waals surface area (Å²) >= 11 is 0. The Morgan fingerprint density at radius 1 is 0.741 bits per heavy atom. The van der Waals surface area contributed by atoms with Crippen LogP contribution in [0.4, 0.5) is 15.8 Å². The van der Waals surface area contributed by atoms with E-state index >= 15 is 4.39 Å². The SMILES string of the molecule is Cc1cccc(Nc2cc(-c3ccccc3)nc(-c3ccccc3)c2F)c1. The van der Waals surface area contributed by atoms with E-state index in [1.165, 1.54) is 0 Å². The van der Waals surface area contributed by atoms with Crippen LogP contribution in [0.25, 0.3) is 22.5 Å². The van der Waals surface area contributed by atoms with Gasteiger partial charge in [-0.25, -0.2) is 9.37 Å². The van der Waals surface area contributed by atoms with Gasteiger partial charge >= 0.3 is 0 Å². The summed E-state index contributed by atoms with van der Waals surface area (Å²) in [7, 11) is 0. The number of pyridine rings is 1. The van der Waals surface area contributed by atoms with Gasteiger partial charge in [0, 0.05) is 16.8 Å². The van der Waals surface area contributed by atoms with Gasteiger partial charge in [0.05, 0.1) is 11.4 Å². The van der Waals surface area contributed by atoms with Crippen molar-refractivity contribution in [2.75, 3.05) is 5.32 Å². The van der Waals surface area contributed by atoms with Gasteiger partial charge < -0.3 is 5.32 Å². The maximum absolute atomic E-state index is 15.3. The van der Waals surface area contributed by atoms with Crippen molar-refractivity contribution in [3.8, 4) is 22.5 Å². The molecule has 0 saturated carbocycles. The van der Waals surface area contributed by atoms with Gasteiger partial charge in [0.1, 0.15) is 5.69 Å². The van der Waals surface area contributed by atoms with E-state index in [-0.39, 0.29) is 5.82 Å². The summed E-state index contributed by atoms with van der Waals surface area (Å²) in [5.74, 6) is -0.359. The van der Waals surface area contributed by atoms with Gasteiger partial charge in [0.2, 0.25) is 0 Å². The van der Waals surface area contributed by atoms with Gasteiger partial charge in [-0.15, -0.1) is 0 Å². The first-order chi connectivity index (χ1) is 13.2. The van der Waals surface area contributed by atoms with E-state index in [4.69, 9.17) is 0 Å². The first-order valence-electron chi connectivity index (χ1n) is 8.86. The van der Waals surface area contributed by atoms with Crippen LogP contribution in [0.3, 0.4) is 0 Å². The summed E-state index contributed by atoms with van der Waals surface area (Å²) in [5.41, 5.74) is 5.13. The molecular formula is C24H19FN2. The lowest BCUT2D eigenvalue weighted by atomic mass is 10.1. The molecule has 0 fully saturated rings. The summed E-state index contributed by atoms with van der Waals surface area (Å²) < 4.78 is 15.3. The van der Waals surface area contributed by atoms with E-state index < -0.39 is 0 Å². The lowest BCUT2D eigenvalue weighted by Crippen LogP contribution is -2.00. The Morgan fingerprint density at radius 3 is 2.07 bits per heavy atom. The molecule has 0 aliphatic heterocycles. The third-order valence-corrected chi connectivity index (χ3v) is 4.37. The van der Waals surface area contributed by atoms with Crippen LogP contribution in [-0.2, 0) is 0 Å². The zero-order valence-electron chi connectivity index (χ0n) is 15.0. The summed E-state index contributed by atoms with van der Waals surface area (Å²) in [6.45, 7) is 2.01. The number of aryl methyl sites for hydroxylation is 1. The van der Waals surface area contributed by atoms with Crippen molar-refractivity contribution in [3.05, 3.63) is 102 Å².